The lowest BCUT2D eigenvalue weighted by Crippen LogP contribution is -2.06. The second-order valence-corrected chi connectivity index (χ2v) is 9.91. The van der Waals surface area contributed by atoms with Crippen LogP contribution in [0.4, 0.5) is 0 Å². The predicted octanol–water partition coefficient (Wildman–Crippen LogP) is 7.39. The molecule has 0 aliphatic carbocycles. The quantitative estimate of drug-likeness (QED) is 0.161. The highest BCUT2D eigenvalue weighted by molar-refractivity contribution is 14.1. The summed E-state index contributed by atoms with van der Waals surface area (Å²) in [5.41, 5.74) is 2.60. The van der Waals surface area contributed by atoms with E-state index in [1.54, 1.807) is 12.1 Å². The largest absolute Gasteiger partial charge is 0.487 e. The molecule has 0 saturated carbocycles. The van der Waals surface area contributed by atoms with Crippen molar-refractivity contribution in [2.24, 2.45) is 4.99 Å². The predicted molar refractivity (Wildman–Crippen MR) is 137 cm³/mol. The van der Waals surface area contributed by atoms with Crippen LogP contribution in [0, 0.1) is 3.57 Å². The van der Waals surface area contributed by atoms with E-state index in [0.717, 1.165) is 23.6 Å². The standard InChI is InChI=1S/C23H13Br2ClINO3/c24-17-8-14(9-18(25)21(17)30-12-13-4-2-1-3-5-13)10-20-23(29)31-22(28-20)16-11-15(27)6-7-19(16)26/h1-11H,12H2/b20-10-. The number of aliphatic imine (C=N–C) groups is 1. The maximum absolute atomic E-state index is 12.4. The van der Waals surface area contributed by atoms with E-state index in [9.17, 15) is 4.79 Å². The lowest BCUT2D eigenvalue weighted by molar-refractivity contribution is -0.129. The first kappa shape index (κ1) is 22.5. The summed E-state index contributed by atoms with van der Waals surface area (Å²) in [6.07, 6.45) is 1.66. The molecule has 1 aliphatic heterocycles. The van der Waals surface area contributed by atoms with Crippen LogP contribution in [0.25, 0.3) is 6.08 Å². The third-order valence-electron chi connectivity index (χ3n) is 4.33. The number of hydrogen-bond donors (Lipinski definition) is 0. The molecule has 3 aromatic rings. The van der Waals surface area contributed by atoms with E-state index in [2.05, 4.69) is 59.4 Å². The van der Waals surface area contributed by atoms with E-state index < -0.39 is 5.97 Å². The third-order valence-corrected chi connectivity index (χ3v) is 6.51. The van der Waals surface area contributed by atoms with Gasteiger partial charge < -0.3 is 9.47 Å². The molecule has 0 radical (unpaired) electrons. The fourth-order valence-electron chi connectivity index (χ4n) is 2.87. The molecule has 4 nitrogen and oxygen atoms in total. The number of halogens is 4. The Balaban J connectivity index is 1.59. The zero-order chi connectivity index (χ0) is 22.0. The van der Waals surface area contributed by atoms with Crippen LogP contribution in [-0.4, -0.2) is 11.9 Å². The first-order valence-electron chi connectivity index (χ1n) is 9.04. The van der Waals surface area contributed by atoms with Gasteiger partial charge in [0, 0.05) is 3.57 Å². The number of carbonyl (C=O) groups excluding carboxylic acids is 1. The SMILES string of the molecule is O=C1OC(c2cc(I)ccc2Cl)=N/C1=C\c1cc(Br)c(OCc2ccccc2)c(Br)c1. The van der Waals surface area contributed by atoms with Crippen LogP contribution in [0.15, 0.2) is 80.3 Å². The summed E-state index contributed by atoms with van der Waals surface area (Å²) >= 11 is 15.5. The summed E-state index contributed by atoms with van der Waals surface area (Å²) < 4.78 is 13.8. The lowest BCUT2D eigenvalue weighted by Gasteiger charge is -2.11. The number of carbonyl (C=O) groups is 1. The average molecular weight is 674 g/mol. The van der Waals surface area contributed by atoms with Crippen molar-refractivity contribution in [3.63, 3.8) is 0 Å². The molecular weight excluding hydrogens is 660 g/mol. The number of hydrogen-bond acceptors (Lipinski definition) is 4. The van der Waals surface area contributed by atoms with E-state index in [4.69, 9.17) is 21.1 Å². The van der Waals surface area contributed by atoms with Gasteiger partial charge in [-0.25, -0.2) is 9.79 Å². The Morgan fingerprint density at radius 1 is 1.06 bits per heavy atom. The van der Waals surface area contributed by atoms with Crippen molar-refractivity contribution < 1.29 is 14.3 Å². The van der Waals surface area contributed by atoms with Crippen molar-refractivity contribution in [1.82, 2.24) is 0 Å². The van der Waals surface area contributed by atoms with Gasteiger partial charge in [-0.15, -0.1) is 0 Å². The lowest BCUT2D eigenvalue weighted by atomic mass is 10.2. The molecule has 0 atom stereocenters. The molecule has 0 fully saturated rings. The normalized spacial score (nSPS) is 14.5. The summed E-state index contributed by atoms with van der Waals surface area (Å²) in [6, 6.07) is 19.1. The number of nitrogens with zero attached hydrogens (tertiary/aromatic N) is 1. The van der Waals surface area contributed by atoms with Gasteiger partial charge in [0.1, 0.15) is 12.4 Å². The molecule has 8 heteroatoms. The van der Waals surface area contributed by atoms with Gasteiger partial charge in [0.15, 0.2) is 5.70 Å². The monoisotopic (exact) mass is 671 g/mol. The maximum atomic E-state index is 12.4. The highest BCUT2D eigenvalue weighted by Crippen LogP contribution is 2.36. The van der Waals surface area contributed by atoms with E-state index >= 15 is 0 Å². The Hall–Kier alpha value is -1.68. The molecule has 0 amide bonds. The fraction of sp³-hybridized carbons (Fsp3) is 0.0435. The second-order valence-electron chi connectivity index (χ2n) is 6.55. The molecule has 0 unspecified atom stereocenters. The van der Waals surface area contributed by atoms with Gasteiger partial charge in [-0.1, -0.05) is 41.9 Å². The topological polar surface area (TPSA) is 47.9 Å². The summed E-state index contributed by atoms with van der Waals surface area (Å²) in [4.78, 5) is 16.7. The molecule has 0 bridgehead atoms. The number of benzene rings is 3. The summed E-state index contributed by atoms with van der Waals surface area (Å²) in [6.45, 7) is 0.440. The Kier molecular flexibility index (Phi) is 7.15. The van der Waals surface area contributed by atoms with Crippen molar-refractivity contribution in [1.29, 1.82) is 0 Å². The second kappa shape index (κ2) is 9.85. The number of ether oxygens (including phenoxy) is 2. The molecular formula is C23H13Br2ClINO3. The minimum absolute atomic E-state index is 0.195. The Bertz CT molecular complexity index is 1210. The summed E-state index contributed by atoms with van der Waals surface area (Å²) in [5, 5.41) is 0.471. The molecule has 0 spiro atoms. The Morgan fingerprint density at radius 3 is 2.48 bits per heavy atom. The van der Waals surface area contributed by atoms with Crippen molar-refractivity contribution in [3.8, 4) is 5.75 Å². The Morgan fingerprint density at radius 2 is 1.77 bits per heavy atom. The van der Waals surface area contributed by atoms with Gasteiger partial charge in [0.2, 0.25) is 5.90 Å². The number of rotatable bonds is 5. The molecule has 1 aliphatic rings. The van der Waals surface area contributed by atoms with E-state index in [1.807, 2.05) is 54.6 Å². The molecule has 4 rings (SSSR count). The van der Waals surface area contributed by atoms with Crippen LogP contribution in [0.2, 0.25) is 5.02 Å². The maximum Gasteiger partial charge on any atom is 0.363 e. The minimum atomic E-state index is -0.526. The molecule has 156 valence electrons. The van der Waals surface area contributed by atoms with Crippen molar-refractivity contribution >= 4 is 84.0 Å². The number of cyclic esters (lactones) is 1. The van der Waals surface area contributed by atoms with Gasteiger partial charge in [0.05, 0.1) is 19.5 Å². The third kappa shape index (κ3) is 5.39. The molecule has 0 aromatic heterocycles. The van der Waals surface area contributed by atoms with Crippen LogP contribution in [0.5, 0.6) is 5.75 Å². The van der Waals surface area contributed by atoms with E-state index in [0.29, 0.717) is 22.9 Å². The smallest absolute Gasteiger partial charge is 0.363 e. The first-order chi connectivity index (χ1) is 14.9. The molecule has 31 heavy (non-hydrogen) atoms. The average Bonchev–Trinajstić information content (AvgIpc) is 3.10. The molecule has 0 saturated heterocycles. The Labute approximate surface area is 214 Å². The fourth-order valence-corrected chi connectivity index (χ4v) is 5.01. The zero-order valence-corrected chi connectivity index (χ0v) is 21.8. The van der Waals surface area contributed by atoms with E-state index in [-0.39, 0.29) is 11.6 Å². The summed E-state index contributed by atoms with van der Waals surface area (Å²) in [5.74, 6) is 0.345. The van der Waals surface area contributed by atoms with E-state index in [1.165, 1.54) is 0 Å². The zero-order valence-electron chi connectivity index (χ0n) is 15.7. The van der Waals surface area contributed by atoms with Crippen LogP contribution < -0.4 is 4.74 Å². The highest BCUT2D eigenvalue weighted by atomic mass is 127. The molecule has 1 heterocycles. The van der Waals surface area contributed by atoms with Crippen molar-refractivity contribution in [2.75, 3.05) is 0 Å². The van der Waals surface area contributed by atoms with Gasteiger partial charge in [-0.3, -0.25) is 0 Å². The van der Waals surface area contributed by atoms with Crippen molar-refractivity contribution in [2.45, 2.75) is 6.61 Å². The van der Waals surface area contributed by atoms with Gasteiger partial charge >= 0.3 is 5.97 Å². The van der Waals surface area contributed by atoms with Crippen LogP contribution >= 0.6 is 66.1 Å². The van der Waals surface area contributed by atoms with Gasteiger partial charge in [0.25, 0.3) is 0 Å². The van der Waals surface area contributed by atoms with Crippen LogP contribution in [0.3, 0.4) is 0 Å². The summed E-state index contributed by atoms with van der Waals surface area (Å²) in [7, 11) is 0. The molecule has 3 aromatic carbocycles. The van der Waals surface area contributed by atoms with Crippen LogP contribution in [-0.2, 0) is 16.1 Å². The van der Waals surface area contributed by atoms with Crippen LogP contribution in [0.1, 0.15) is 16.7 Å². The highest BCUT2D eigenvalue weighted by Gasteiger charge is 2.26. The van der Waals surface area contributed by atoms with Crippen molar-refractivity contribution in [3.05, 3.63) is 101 Å². The van der Waals surface area contributed by atoms with Gasteiger partial charge in [-0.05, 0) is 102 Å². The minimum Gasteiger partial charge on any atom is -0.487 e. The van der Waals surface area contributed by atoms with Gasteiger partial charge in [-0.2, -0.15) is 0 Å². The molecule has 0 N–H and O–H groups in total. The number of esters is 1. The first-order valence-corrected chi connectivity index (χ1v) is 12.1.